The van der Waals surface area contributed by atoms with Gasteiger partial charge in [0.05, 0.1) is 12.1 Å². The molecule has 1 aromatic heterocycles. The van der Waals surface area contributed by atoms with E-state index in [0.29, 0.717) is 18.9 Å². The fraction of sp³-hybridized carbons (Fsp3) is 0.500. The van der Waals surface area contributed by atoms with Gasteiger partial charge in [0.1, 0.15) is 5.01 Å². The molecule has 1 aromatic carbocycles. The second kappa shape index (κ2) is 11.6. The van der Waals surface area contributed by atoms with Crippen molar-refractivity contribution in [1.82, 2.24) is 10.3 Å². The number of halogens is 2. The predicted molar refractivity (Wildman–Crippen MR) is 118 cm³/mol. The Bertz CT molecular complexity index is 700. The number of hydrogen-bond donors (Lipinski definition) is 2. The number of aromatic nitrogens is 1. The molecule has 0 spiro atoms. The first kappa shape index (κ1) is 23.9. The zero-order chi connectivity index (χ0) is 17.6. The van der Waals surface area contributed by atoms with Crippen molar-refractivity contribution < 1.29 is 4.79 Å². The fourth-order valence-corrected chi connectivity index (χ4v) is 4.37. The second-order valence-electron chi connectivity index (χ2n) is 6.99. The maximum Gasteiger partial charge on any atom is 0.226 e. The molecule has 1 unspecified atom stereocenters. The monoisotopic (exact) mass is 429 g/mol. The van der Waals surface area contributed by atoms with E-state index in [1.165, 1.54) is 37.7 Å². The number of nitrogens with two attached hydrogens (primary N) is 1. The molecule has 1 aliphatic rings. The SMILES string of the molecule is Cc1ccc(-c2nc(CC(=O)NC(CN)C3CCCCC3)cs2)cc1.Cl.Cl. The molecule has 0 aliphatic heterocycles. The van der Waals surface area contributed by atoms with Crippen LogP contribution in [0.2, 0.25) is 0 Å². The van der Waals surface area contributed by atoms with Gasteiger partial charge in [-0.15, -0.1) is 36.2 Å². The van der Waals surface area contributed by atoms with Crippen molar-refractivity contribution in [2.24, 2.45) is 11.7 Å². The largest absolute Gasteiger partial charge is 0.351 e. The summed E-state index contributed by atoms with van der Waals surface area (Å²) in [6.07, 6.45) is 6.49. The average molecular weight is 430 g/mol. The molecule has 0 radical (unpaired) electrons. The number of rotatable bonds is 6. The Hall–Kier alpha value is -1.14. The first-order chi connectivity index (χ1) is 12.2. The van der Waals surface area contributed by atoms with Crippen LogP contribution in [-0.2, 0) is 11.2 Å². The van der Waals surface area contributed by atoms with Crippen LogP contribution < -0.4 is 11.1 Å². The third kappa shape index (κ3) is 6.75. The van der Waals surface area contributed by atoms with Crippen LogP contribution in [0.3, 0.4) is 0 Å². The normalized spacial score (nSPS) is 15.3. The Morgan fingerprint density at radius 3 is 2.52 bits per heavy atom. The van der Waals surface area contributed by atoms with Gasteiger partial charge in [0, 0.05) is 23.5 Å². The molecule has 1 saturated carbocycles. The van der Waals surface area contributed by atoms with Crippen molar-refractivity contribution in [3.05, 3.63) is 40.9 Å². The van der Waals surface area contributed by atoms with Crippen molar-refractivity contribution in [3.8, 4) is 10.6 Å². The highest BCUT2D eigenvalue weighted by atomic mass is 35.5. The summed E-state index contributed by atoms with van der Waals surface area (Å²) in [5.41, 5.74) is 9.07. The van der Waals surface area contributed by atoms with Gasteiger partial charge in [0.25, 0.3) is 0 Å². The van der Waals surface area contributed by atoms with E-state index in [-0.39, 0.29) is 36.8 Å². The summed E-state index contributed by atoms with van der Waals surface area (Å²) in [7, 11) is 0. The summed E-state index contributed by atoms with van der Waals surface area (Å²) < 4.78 is 0. The standard InChI is InChI=1S/C20H27N3OS.2ClH/c1-14-7-9-16(10-8-14)20-22-17(13-25-20)11-19(24)23-18(12-21)15-5-3-2-4-6-15;;/h7-10,13,15,18H,2-6,11-12,21H2,1H3,(H,23,24);2*1H. The third-order valence-corrected chi connectivity index (χ3v) is 5.95. The summed E-state index contributed by atoms with van der Waals surface area (Å²) >= 11 is 1.59. The van der Waals surface area contributed by atoms with Gasteiger partial charge < -0.3 is 11.1 Å². The van der Waals surface area contributed by atoms with E-state index in [1.54, 1.807) is 11.3 Å². The van der Waals surface area contributed by atoms with Crippen molar-refractivity contribution >= 4 is 42.1 Å². The molecular formula is C20H29Cl2N3OS. The lowest BCUT2D eigenvalue weighted by atomic mass is 9.84. The Balaban J connectivity index is 0.00000182. The molecule has 150 valence electrons. The van der Waals surface area contributed by atoms with Crippen molar-refractivity contribution in [2.75, 3.05) is 6.54 Å². The van der Waals surface area contributed by atoms with Crippen LogP contribution >= 0.6 is 36.2 Å². The molecule has 3 rings (SSSR count). The molecule has 0 saturated heterocycles. The highest BCUT2D eigenvalue weighted by Crippen LogP contribution is 2.27. The fourth-order valence-electron chi connectivity index (χ4n) is 3.54. The molecule has 4 nitrogen and oxygen atoms in total. The average Bonchev–Trinajstić information content (AvgIpc) is 3.09. The molecule has 2 aromatic rings. The van der Waals surface area contributed by atoms with Crippen LogP contribution in [-0.4, -0.2) is 23.5 Å². The van der Waals surface area contributed by atoms with Gasteiger partial charge in [-0.2, -0.15) is 0 Å². The molecule has 0 bridgehead atoms. The molecular weight excluding hydrogens is 401 g/mol. The minimum atomic E-state index is 0. The molecule has 1 amide bonds. The zero-order valence-corrected chi connectivity index (χ0v) is 18.1. The molecule has 1 aliphatic carbocycles. The lowest BCUT2D eigenvalue weighted by Gasteiger charge is -2.30. The van der Waals surface area contributed by atoms with Crippen LogP contribution in [0.25, 0.3) is 10.6 Å². The number of carbonyl (C=O) groups is 1. The van der Waals surface area contributed by atoms with Crippen molar-refractivity contribution in [3.63, 3.8) is 0 Å². The van der Waals surface area contributed by atoms with E-state index in [2.05, 4.69) is 41.5 Å². The predicted octanol–water partition coefficient (Wildman–Crippen LogP) is 4.53. The van der Waals surface area contributed by atoms with E-state index < -0.39 is 0 Å². The number of nitrogens with zero attached hydrogens (tertiary/aromatic N) is 1. The molecule has 7 heteroatoms. The Kier molecular flexibility index (Phi) is 10.3. The smallest absolute Gasteiger partial charge is 0.226 e. The van der Waals surface area contributed by atoms with Crippen molar-refractivity contribution in [2.45, 2.75) is 51.5 Å². The molecule has 27 heavy (non-hydrogen) atoms. The number of amides is 1. The quantitative estimate of drug-likeness (QED) is 0.708. The number of benzene rings is 1. The van der Waals surface area contributed by atoms with E-state index in [1.807, 2.05) is 5.38 Å². The van der Waals surface area contributed by atoms with E-state index in [9.17, 15) is 4.79 Å². The maximum absolute atomic E-state index is 12.4. The van der Waals surface area contributed by atoms with Gasteiger partial charge in [0.15, 0.2) is 0 Å². The summed E-state index contributed by atoms with van der Waals surface area (Å²) in [6, 6.07) is 8.41. The van der Waals surface area contributed by atoms with Crippen LogP contribution in [0.15, 0.2) is 29.6 Å². The highest BCUT2D eigenvalue weighted by molar-refractivity contribution is 7.13. The summed E-state index contributed by atoms with van der Waals surface area (Å²) in [6.45, 7) is 2.59. The van der Waals surface area contributed by atoms with Crippen LogP contribution in [0.5, 0.6) is 0 Å². The topological polar surface area (TPSA) is 68.0 Å². The van der Waals surface area contributed by atoms with E-state index in [4.69, 9.17) is 5.73 Å². The minimum absolute atomic E-state index is 0. The lowest BCUT2D eigenvalue weighted by molar-refractivity contribution is -0.121. The Labute approximate surface area is 178 Å². The summed E-state index contributed by atoms with van der Waals surface area (Å²) in [4.78, 5) is 17.0. The number of carbonyl (C=O) groups excluding carboxylic acids is 1. The Morgan fingerprint density at radius 1 is 1.22 bits per heavy atom. The number of nitrogens with one attached hydrogen (secondary N) is 1. The first-order valence-electron chi connectivity index (χ1n) is 9.16. The van der Waals surface area contributed by atoms with Gasteiger partial charge in [-0.25, -0.2) is 4.98 Å². The minimum Gasteiger partial charge on any atom is -0.351 e. The molecule has 1 heterocycles. The van der Waals surface area contributed by atoms with Gasteiger partial charge in [-0.1, -0.05) is 49.1 Å². The van der Waals surface area contributed by atoms with E-state index in [0.717, 1.165) is 16.3 Å². The third-order valence-electron chi connectivity index (χ3n) is 5.01. The first-order valence-corrected chi connectivity index (χ1v) is 10.0. The van der Waals surface area contributed by atoms with Crippen LogP contribution in [0.4, 0.5) is 0 Å². The molecule has 1 fully saturated rings. The molecule has 3 N–H and O–H groups in total. The van der Waals surface area contributed by atoms with Gasteiger partial charge >= 0.3 is 0 Å². The number of aryl methyl sites for hydroxylation is 1. The van der Waals surface area contributed by atoms with Crippen LogP contribution in [0.1, 0.15) is 43.4 Å². The lowest BCUT2D eigenvalue weighted by Crippen LogP contribution is -2.46. The van der Waals surface area contributed by atoms with E-state index >= 15 is 0 Å². The van der Waals surface area contributed by atoms with Gasteiger partial charge in [0.2, 0.25) is 5.91 Å². The van der Waals surface area contributed by atoms with Gasteiger partial charge in [-0.3, -0.25) is 4.79 Å². The number of hydrogen-bond acceptors (Lipinski definition) is 4. The molecule has 1 atom stereocenters. The maximum atomic E-state index is 12.4. The Morgan fingerprint density at radius 2 is 1.89 bits per heavy atom. The zero-order valence-electron chi connectivity index (χ0n) is 15.6. The van der Waals surface area contributed by atoms with Crippen LogP contribution in [0, 0.1) is 12.8 Å². The second-order valence-corrected chi connectivity index (χ2v) is 7.85. The highest BCUT2D eigenvalue weighted by Gasteiger charge is 2.24. The van der Waals surface area contributed by atoms with Gasteiger partial charge in [-0.05, 0) is 25.7 Å². The summed E-state index contributed by atoms with van der Waals surface area (Å²) in [5, 5.41) is 6.08. The summed E-state index contributed by atoms with van der Waals surface area (Å²) in [5.74, 6) is 0.558. The number of thiazole rings is 1. The van der Waals surface area contributed by atoms with Crippen molar-refractivity contribution in [1.29, 1.82) is 0 Å².